The molecule has 382 valence electrons. The van der Waals surface area contributed by atoms with Crippen LogP contribution in [0.4, 0.5) is 0 Å². The molecule has 0 saturated heterocycles. The van der Waals surface area contributed by atoms with Crippen LogP contribution in [0.2, 0.25) is 0 Å². The number of ether oxygens (including phenoxy) is 1. The van der Waals surface area contributed by atoms with Gasteiger partial charge in [0.05, 0.1) is 22.8 Å². The highest BCUT2D eigenvalue weighted by atomic mass is 16.5. The third-order valence-electron chi connectivity index (χ3n) is 15.7. The summed E-state index contributed by atoms with van der Waals surface area (Å²) in [6.45, 7) is 32.7. The molecule has 11 rings (SSSR count). The van der Waals surface area contributed by atoms with Gasteiger partial charge in [0, 0.05) is 67.4 Å². The molecule has 0 fully saturated rings. The summed E-state index contributed by atoms with van der Waals surface area (Å²) in [6.07, 6.45) is 9.15. The second-order valence-corrected chi connectivity index (χ2v) is 23.9. The first kappa shape index (κ1) is 50.1. The predicted octanol–water partition coefficient (Wildman–Crippen LogP) is 18.1. The van der Waals surface area contributed by atoms with Crippen LogP contribution >= 0.6 is 0 Å². The van der Waals surface area contributed by atoms with Crippen molar-refractivity contribution in [1.82, 2.24) is 19.9 Å². The van der Waals surface area contributed by atoms with Crippen molar-refractivity contribution >= 4 is 52.3 Å². The van der Waals surface area contributed by atoms with Gasteiger partial charge < -0.3 is 19.8 Å². The van der Waals surface area contributed by atoms with E-state index in [0.29, 0.717) is 17.9 Å². The average molecular weight is 1000 g/mol. The minimum atomic E-state index is -1.02. The first-order valence-electron chi connectivity index (χ1n) is 26.6. The Labute approximate surface area is 447 Å². The van der Waals surface area contributed by atoms with Gasteiger partial charge in [-0.05, 0) is 195 Å². The van der Waals surface area contributed by atoms with Crippen LogP contribution < -0.4 is 4.74 Å². The molecule has 8 bridgehead atoms. The Morgan fingerprint density at radius 1 is 0.447 bits per heavy atom. The fourth-order valence-electron chi connectivity index (χ4n) is 12.4. The molecule has 7 nitrogen and oxygen atoms in total. The molecule has 7 heteroatoms. The van der Waals surface area contributed by atoms with Crippen molar-refractivity contribution in [2.45, 2.75) is 121 Å². The zero-order valence-electron chi connectivity index (χ0n) is 46.8. The summed E-state index contributed by atoms with van der Waals surface area (Å²) >= 11 is 0. The molecule has 0 radical (unpaired) electrons. The first-order valence-corrected chi connectivity index (χ1v) is 26.6. The van der Waals surface area contributed by atoms with Crippen LogP contribution in [0.25, 0.3) is 90.9 Å². The normalized spacial score (nSPS) is 13.0. The number of aromatic nitrogens is 4. The van der Waals surface area contributed by atoms with E-state index in [0.717, 1.165) is 134 Å². The Morgan fingerprint density at radius 3 is 1.13 bits per heavy atom. The number of nitrogens with one attached hydrogen (secondary N) is 2. The predicted molar refractivity (Wildman–Crippen MR) is 317 cm³/mol. The lowest BCUT2D eigenvalue weighted by Gasteiger charge is -2.30. The number of rotatable bonds is 5. The van der Waals surface area contributed by atoms with E-state index in [2.05, 4.69) is 217 Å². The lowest BCUT2D eigenvalue weighted by molar-refractivity contribution is 0.0693. The number of carboxylic acids is 1. The Kier molecular flexibility index (Phi) is 11.9. The van der Waals surface area contributed by atoms with E-state index in [1.165, 1.54) is 27.8 Å². The zero-order valence-corrected chi connectivity index (χ0v) is 46.8. The standard InChI is InChI=1S/C69H68N4O3/c1-35-24-38(4)58(39(5)25-35)62-52-18-16-50(70-52)61(48-33-46(68(10,11)12)31-44-30-45-32-47(69(13,14)15)34-49(67(74)75)66(45)76-65(44)48)51-17-19-53(71-51)63(59-40(6)26-36(2)27-41(59)7)55-21-23-57(73-55)64(56-22-20-54(62)72-56)60-42(8)28-37(3)29-43(60)9/h16-29,31-34,70,73H,30H2,1-15H3,(H,74,75). The molecular weight excluding hydrogens is 933 g/mol. The van der Waals surface area contributed by atoms with Gasteiger partial charge >= 0.3 is 5.97 Å². The van der Waals surface area contributed by atoms with E-state index in [4.69, 9.17) is 14.7 Å². The van der Waals surface area contributed by atoms with Gasteiger partial charge in [-0.3, -0.25) is 0 Å². The van der Waals surface area contributed by atoms with Gasteiger partial charge in [-0.25, -0.2) is 14.8 Å². The molecule has 0 spiro atoms. The van der Waals surface area contributed by atoms with E-state index < -0.39 is 5.97 Å². The van der Waals surface area contributed by atoms with Crippen LogP contribution in [0.15, 0.2) is 84.9 Å². The number of benzene rings is 5. The Hall–Kier alpha value is -8.03. The van der Waals surface area contributed by atoms with Gasteiger partial charge in [0.15, 0.2) is 0 Å². The minimum absolute atomic E-state index is 0.156. The summed E-state index contributed by atoms with van der Waals surface area (Å²) in [5.74, 6) is -0.0151. The Balaban J connectivity index is 1.34. The van der Waals surface area contributed by atoms with E-state index in [1.807, 2.05) is 0 Å². The summed E-state index contributed by atoms with van der Waals surface area (Å²) in [7, 11) is 0. The lowest BCUT2D eigenvalue weighted by atomic mass is 9.80. The van der Waals surface area contributed by atoms with Crippen molar-refractivity contribution in [1.29, 1.82) is 0 Å². The van der Waals surface area contributed by atoms with Crippen molar-refractivity contribution < 1.29 is 14.6 Å². The number of H-pyrrole nitrogens is 2. The van der Waals surface area contributed by atoms with Gasteiger partial charge in [0.25, 0.3) is 0 Å². The second-order valence-electron chi connectivity index (χ2n) is 23.9. The quantitative estimate of drug-likeness (QED) is 0.159. The molecule has 3 aromatic heterocycles. The fraction of sp³-hybridized carbons (Fsp3) is 0.261. The van der Waals surface area contributed by atoms with Gasteiger partial charge in [0.1, 0.15) is 17.1 Å². The molecule has 5 aromatic carbocycles. The monoisotopic (exact) mass is 1000 g/mol. The summed E-state index contributed by atoms with van der Waals surface area (Å²) < 4.78 is 7.13. The number of hydrogen-bond acceptors (Lipinski definition) is 4. The molecule has 0 aliphatic carbocycles. The molecular formula is C69H68N4O3. The minimum Gasteiger partial charge on any atom is -0.478 e. The number of aromatic carboxylic acids is 1. The van der Waals surface area contributed by atoms with E-state index in [9.17, 15) is 9.90 Å². The van der Waals surface area contributed by atoms with E-state index in [-0.39, 0.29) is 16.4 Å². The van der Waals surface area contributed by atoms with Crippen LogP contribution in [0.1, 0.15) is 147 Å². The van der Waals surface area contributed by atoms with Crippen molar-refractivity contribution in [3.05, 3.63) is 186 Å². The number of aryl methyl sites for hydroxylation is 9. The molecule has 3 aliphatic heterocycles. The maximum Gasteiger partial charge on any atom is 0.339 e. The van der Waals surface area contributed by atoms with Gasteiger partial charge in [-0.1, -0.05) is 107 Å². The summed E-state index contributed by atoms with van der Waals surface area (Å²) in [4.78, 5) is 32.7. The molecule has 0 amide bonds. The molecule has 76 heavy (non-hydrogen) atoms. The van der Waals surface area contributed by atoms with E-state index in [1.54, 1.807) is 6.07 Å². The Bertz CT molecular complexity index is 3960. The van der Waals surface area contributed by atoms with E-state index >= 15 is 0 Å². The van der Waals surface area contributed by atoms with Gasteiger partial charge in [-0.15, -0.1) is 0 Å². The molecule has 3 N–H and O–H groups in total. The number of aromatic amines is 2. The molecule has 0 saturated carbocycles. The molecule has 6 heterocycles. The number of carbonyl (C=O) groups is 1. The van der Waals surface area contributed by atoms with Gasteiger partial charge in [-0.2, -0.15) is 0 Å². The highest BCUT2D eigenvalue weighted by Gasteiger charge is 2.32. The first-order chi connectivity index (χ1) is 35.9. The SMILES string of the molecule is Cc1cc(C)c(-c2c3nc(c(-c4c(C)cc(C)cc4C)c4ccc([nH]4)c(-c4c(C)cc(C)cc4C)c4nc(c(-c5cc(C(C)(C)C)cc6c5Oc5c(cc(C(C)(C)C)cc5C(=O)O)C6)c5ccc2[nH]5)C=C4)C=C3)c(C)c1. The number of fused-ring (bicyclic) bond motifs is 10. The zero-order chi connectivity index (χ0) is 54.0. The third-order valence-corrected chi connectivity index (χ3v) is 15.7. The van der Waals surface area contributed by atoms with Crippen molar-refractivity contribution in [3.63, 3.8) is 0 Å². The average Bonchev–Trinajstić information content (AvgIpc) is 4.25. The summed E-state index contributed by atoms with van der Waals surface area (Å²) in [5.41, 5.74) is 29.2. The van der Waals surface area contributed by atoms with Crippen molar-refractivity contribution in [2.75, 3.05) is 0 Å². The third kappa shape index (κ3) is 8.60. The Morgan fingerprint density at radius 2 is 0.776 bits per heavy atom. The van der Waals surface area contributed by atoms with Crippen molar-refractivity contribution in [3.8, 4) is 56.0 Å². The maximum atomic E-state index is 13.2. The number of carboxylic acid groups (broad SMARTS) is 1. The van der Waals surface area contributed by atoms with Crippen LogP contribution in [0.5, 0.6) is 11.5 Å². The van der Waals surface area contributed by atoms with Crippen LogP contribution in [0, 0.1) is 62.3 Å². The molecule has 0 atom stereocenters. The molecule has 3 aliphatic rings. The summed E-state index contributed by atoms with van der Waals surface area (Å²) in [5, 5.41) is 10.8. The lowest BCUT2D eigenvalue weighted by Crippen LogP contribution is -2.18. The number of hydrogen-bond donors (Lipinski definition) is 3. The summed E-state index contributed by atoms with van der Waals surface area (Å²) in [6, 6.07) is 30.7. The van der Waals surface area contributed by atoms with Crippen LogP contribution in [-0.2, 0) is 17.3 Å². The maximum absolute atomic E-state index is 13.2. The number of nitrogens with zero attached hydrogens (tertiary/aromatic N) is 2. The van der Waals surface area contributed by atoms with Crippen LogP contribution in [-0.4, -0.2) is 31.0 Å². The molecule has 8 aromatic rings. The van der Waals surface area contributed by atoms with Gasteiger partial charge in [0.2, 0.25) is 0 Å². The smallest absolute Gasteiger partial charge is 0.339 e. The topological polar surface area (TPSA) is 104 Å². The highest BCUT2D eigenvalue weighted by molar-refractivity contribution is 6.02. The second kappa shape index (κ2) is 18.1. The largest absolute Gasteiger partial charge is 0.478 e. The molecule has 0 unspecified atom stereocenters. The van der Waals surface area contributed by atoms with Crippen molar-refractivity contribution in [2.24, 2.45) is 0 Å². The fourth-order valence-corrected chi connectivity index (χ4v) is 12.4. The highest BCUT2D eigenvalue weighted by Crippen LogP contribution is 2.50. The van der Waals surface area contributed by atoms with Crippen LogP contribution in [0.3, 0.4) is 0 Å².